The topological polar surface area (TPSA) is 54.7 Å². The number of rotatable bonds is 6. The second-order valence-corrected chi connectivity index (χ2v) is 6.60. The number of furan rings is 1. The highest BCUT2D eigenvalue weighted by atomic mass is 16.6. The van der Waals surface area contributed by atoms with Gasteiger partial charge in [-0.2, -0.15) is 0 Å². The van der Waals surface area contributed by atoms with Gasteiger partial charge in [-0.05, 0) is 52.7 Å². The van der Waals surface area contributed by atoms with Crippen LogP contribution in [0.3, 0.4) is 0 Å². The van der Waals surface area contributed by atoms with E-state index >= 15 is 0 Å². The largest absolute Gasteiger partial charge is 0.468 e. The van der Waals surface area contributed by atoms with Gasteiger partial charge in [0, 0.05) is 19.1 Å². The van der Waals surface area contributed by atoms with Crippen molar-refractivity contribution in [1.29, 1.82) is 0 Å². The minimum Gasteiger partial charge on any atom is -0.468 e. The summed E-state index contributed by atoms with van der Waals surface area (Å²) in [5, 5.41) is 3.37. The number of carbonyl (C=O) groups excluding carboxylic acids is 1. The smallest absolute Gasteiger partial charge is 0.410 e. The number of hydrogen-bond donors (Lipinski definition) is 1. The third kappa shape index (κ3) is 5.08. The van der Waals surface area contributed by atoms with E-state index in [1.165, 1.54) is 0 Å². The van der Waals surface area contributed by atoms with E-state index < -0.39 is 5.60 Å². The minimum atomic E-state index is -0.445. The molecule has 1 heterocycles. The first kappa shape index (κ1) is 15.9. The molecule has 0 aliphatic heterocycles. The first-order valence-electron chi connectivity index (χ1n) is 7.63. The predicted octanol–water partition coefficient (Wildman–Crippen LogP) is 3.33. The molecule has 1 N–H and O–H groups in total. The average molecular weight is 294 g/mol. The zero-order valence-corrected chi connectivity index (χ0v) is 13.4. The fraction of sp³-hybridized carbons (Fsp3) is 0.688. The second-order valence-electron chi connectivity index (χ2n) is 6.60. The Balaban J connectivity index is 1.79. The van der Waals surface area contributed by atoms with Crippen LogP contribution in [0.15, 0.2) is 22.8 Å². The second kappa shape index (κ2) is 6.52. The van der Waals surface area contributed by atoms with Crippen LogP contribution in [0, 0.1) is 0 Å². The zero-order chi connectivity index (χ0) is 15.5. The zero-order valence-electron chi connectivity index (χ0n) is 13.4. The summed E-state index contributed by atoms with van der Waals surface area (Å²) in [6, 6.07) is 4.31. The molecule has 1 aromatic heterocycles. The summed E-state index contributed by atoms with van der Waals surface area (Å²) < 4.78 is 10.8. The van der Waals surface area contributed by atoms with E-state index in [-0.39, 0.29) is 12.1 Å². The monoisotopic (exact) mass is 294 g/mol. The average Bonchev–Trinajstić information content (AvgIpc) is 3.04. The lowest BCUT2D eigenvalue weighted by atomic mass is 10.2. The first-order chi connectivity index (χ1) is 9.87. The van der Waals surface area contributed by atoms with Crippen molar-refractivity contribution in [2.45, 2.75) is 58.2 Å². The molecular weight excluding hydrogens is 268 g/mol. The highest BCUT2D eigenvalue weighted by Crippen LogP contribution is 2.28. The van der Waals surface area contributed by atoms with Crippen LogP contribution in [0.1, 0.15) is 52.3 Å². The Morgan fingerprint density at radius 3 is 2.76 bits per heavy atom. The Kier molecular flexibility index (Phi) is 4.93. The molecule has 1 amide bonds. The van der Waals surface area contributed by atoms with Gasteiger partial charge in [0.1, 0.15) is 11.4 Å². The summed E-state index contributed by atoms with van der Waals surface area (Å²) in [5.74, 6) is 0.908. The Bertz CT molecular complexity index is 447. The molecule has 1 fully saturated rings. The molecule has 5 nitrogen and oxygen atoms in total. The molecule has 1 aliphatic carbocycles. The van der Waals surface area contributed by atoms with E-state index in [0.717, 1.165) is 25.1 Å². The van der Waals surface area contributed by atoms with E-state index in [4.69, 9.17) is 9.15 Å². The lowest BCUT2D eigenvalue weighted by Gasteiger charge is -2.27. The van der Waals surface area contributed by atoms with Crippen LogP contribution in [0.2, 0.25) is 0 Å². The standard InChI is InChI=1S/C16H26N2O3/c1-12(14-6-5-11-20-14)17-9-10-18(13-7-8-13)15(19)21-16(2,3)4/h5-6,11-13,17H,7-10H2,1-4H3. The molecule has 1 aromatic rings. The molecule has 2 rings (SSSR count). The minimum absolute atomic E-state index is 0.139. The summed E-state index contributed by atoms with van der Waals surface area (Å²) in [5.41, 5.74) is -0.445. The molecule has 1 aliphatic rings. The molecule has 118 valence electrons. The third-order valence-electron chi connectivity index (χ3n) is 3.39. The molecule has 0 bridgehead atoms. The van der Waals surface area contributed by atoms with Gasteiger partial charge in [0.15, 0.2) is 0 Å². The first-order valence-corrected chi connectivity index (χ1v) is 7.63. The van der Waals surface area contributed by atoms with Crippen molar-refractivity contribution in [1.82, 2.24) is 10.2 Å². The predicted molar refractivity (Wildman–Crippen MR) is 81.1 cm³/mol. The SMILES string of the molecule is CC(NCCN(C(=O)OC(C)(C)C)C1CC1)c1ccco1. The van der Waals surface area contributed by atoms with Gasteiger partial charge < -0.3 is 19.4 Å². The van der Waals surface area contributed by atoms with Crippen LogP contribution in [-0.2, 0) is 4.74 Å². The quantitative estimate of drug-likeness (QED) is 0.874. The van der Waals surface area contributed by atoms with Gasteiger partial charge in [-0.3, -0.25) is 0 Å². The third-order valence-corrected chi connectivity index (χ3v) is 3.39. The van der Waals surface area contributed by atoms with Crippen LogP contribution in [0.5, 0.6) is 0 Å². The van der Waals surface area contributed by atoms with Gasteiger partial charge >= 0.3 is 6.09 Å². The van der Waals surface area contributed by atoms with Gasteiger partial charge in [0.25, 0.3) is 0 Å². The lowest BCUT2D eigenvalue weighted by Crippen LogP contribution is -2.42. The number of ether oxygens (including phenoxy) is 1. The van der Waals surface area contributed by atoms with Gasteiger partial charge in [-0.25, -0.2) is 4.79 Å². The van der Waals surface area contributed by atoms with E-state index in [2.05, 4.69) is 5.32 Å². The van der Waals surface area contributed by atoms with Crippen molar-refractivity contribution in [2.75, 3.05) is 13.1 Å². The molecule has 1 atom stereocenters. The maximum Gasteiger partial charge on any atom is 0.410 e. The van der Waals surface area contributed by atoms with E-state index in [9.17, 15) is 4.79 Å². The Morgan fingerprint density at radius 2 is 2.24 bits per heavy atom. The number of hydrogen-bond acceptors (Lipinski definition) is 4. The lowest BCUT2D eigenvalue weighted by molar-refractivity contribution is 0.0234. The van der Waals surface area contributed by atoms with Crippen LogP contribution < -0.4 is 5.32 Å². The van der Waals surface area contributed by atoms with E-state index in [1.54, 1.807) is 6.26 Å². The molecule has 0 saturated heterocycles. The fourth-order valence-electron chi connectivity index (χ4n) is 2.17. The highest BCUT2D eigenvalue weighted by molar-refractivity contribution is 5.69. The van der Waals surface area contributed by atoms with Crippen molar-refractivity contribution in [3.8, 4) is 0 Å². The van der Waals surface area contributed by atoms with Gasteiger partial charge in [0.2, 0.25) is 0 Å². The number of nitrogens with one attached hydrogen (secondary N) is 1. The molecule has 0 radical (unpaired) electrons. The van der Waals surface area contributed by atoms with E-state index in [0.29, 0.717) is 12.6 Å². The van der Waals surface area contributed by atoms with E-state index in [1.807, 2.05) is 44.7 Å². The Hall–Kier alpha value is -1.49. The molecule has 21 heavy (non-hydrogen) atoms. The van der Waals surface area contributed by atoms with Crippen molar-refractivity contribution in [2.24, 2.45) is 0 Å². The molecule has 0 spiro atoms. The van der Waals surface area contributed by atoms with Gasteiger partial charge in [-0.15, -0.1) is 0 Å². The number of amides is 1. The number of carbonyl (C=O) groups is 1. The maximum absolute atomic E-state index is 12.2. The van der Waals surface area contributed by atoms with Crippen molar-refractivity contribution < 1.29 is 13.9 Å². The summed E-state index contributed by atoms with van der Waals surface area (Å²) in [6.07, 6.45) is 3.61. The van der Waals surface area contributed by atoms with Gasteiger partial charge in [0.05, 0.1) is 12.3 Å². The molecular formula is C16H26N2O3. The normalized spacial score (nSPS) is 16.6. The Labute approximate surface area is 126 Å². The highest BCUT2D eigenvalue weighted by Gasteiger charge is 2.34. The number of nitrogens with zero attached hydrogens (tertiary/aromatic N) is 1. The molecule has 1 saturated carbocycles. The molecule has 0 aromatic carbocycles. The van der Waals surface area contributed by atoms with Crippen molar-refractivity contribution in [3.63, 3.8) is 0 Å². The van der Waals surface area contributed by atoms with Crippen LogP contribution in [0.4, 0.5) is 4.79 Å². The Morgan fingerprint density at radius 1 is 1.52 bits per heavy atom. The van der Waals surface area contributed by atoms with Gasteiger partial charge in [-0.1, -0.05) is 0 Å². The van der Waals surface area contributed by atoms with Crippen molar-refractivity contribution >= 4 is 6.09 Å². The molecule has 1 unspecified atom stereocenters. The fourth-order valence-corrected chi connectivity index (χ4v) is 2.17. The summed E-state index contributed by atoms with van der Waals surface area (Å²) >= 11 is 0. The summed E-state index contributed by atoms with van der Waals surface area (Å²) in [6.45, 7) is 9.11. The molecule has 5 heteroatoms. The summed E-state index contributed by atoms with van der Waals surface area (Å²) in [4.78, 5) is 14.0. The van der Waals surface area contributed by atoms with Crippen LogP contribution in [-0.4, -0.2) is 35.7 Å². The van der Waals surface area contributed by atoms with Crippen LogP contribution >= 0.6 is 0 Å². The maximum atomic E-state index is 12.2. The van der Waals surface area contributed by atoms with Crippen molar-refractivity contribution in [3.05, 3.63) is 24.2 Å². The van der Waals surface area contributed by atoms with Crippen LogP contribution in [0.25, 0.3) is 0 Å². The summed E-state index contributed by atoms with van der Waals surface area (Å²) in [7, 11) is 0.